The van der Waals surface area contributed by atoms with Crippen LogP contribution in [0.1, 0.15) is 32.1 Å². The van der Waals surface area contributed by atoms with Crippen LogP contribution >= 0.6 is 0 Å². The SMILES string of the molecule is C[NH+](CC(=O)Nc1ccc(OC(F)(F)F)cc1)CC(=O)N1CC[C@H]2CCCC[C@@H]2C1. The Labute approximate surface area is 174 Å². The van der Waals surface area contributed by atoms with E-state index in [1.165, 1.54) is 37.8 Å². The number of quaternary nitrogens is 1. The van der Waals surface area contributed by atoms with Gasteiger partial charge in [-0.05, 0) is 48.9 Å². The Morgan fingerprint density at radius 1 is 1.10 bits per heavy atom. The van der Waals surface area contributed by atoms with Crippen molar-refractivity contribution in [2.75, 3.05) is 38.5 Å². The molecule has 0 aromatic heterocycles. The van der Waals surface area contributed by atoms with Crippen molar-refractivity contribution in [3.63, 3.8) is 0 Å². The lowest BCUT2D eigenvalue weighted by Crippen LogP contribution is -3.11. The molecule has 0 radical (unpaired) electrons. The maximum absolute atomic E-state index is 12.6. The van der Waals surface area contributed by atoms with Gasteiger partial charge in [-0.15, -0.1) is 13.2 Å². The molecule has 1 heterocycles. The average Bonchev–Trinajstić information content (AvgIpc) is 2.67. The van der Waals surface area contributed by atoms with E-state index in [0.29, 0.717) is 11.6 Å². The van der Waals surface area contributed by atoms with Crippen molar-refractivity contribution < 1.29 is 32.4 Å². The van der Waals surface area contributed by atoms with E-state index in [0.717, 1.165) is 42.5 Å². The number of alkyl halides is 3. The second-order valence-corrected chi connectivity index (χ2v) is 8.36. The van der Waals surface area contributed by atoms with Crippen LogP contribution in [0.15, 0.2) is 24.3 Å². The molecule has 2 N–H and O–H groups in total. The van der Waals surface area contributed by atoms with Gasteiger partial charge in [-0.25, -0.2) is 0 Å². The van der Waals surface area contributed by atoms with Crippen molar-refractivity contribution in [3.8, 4) is 5.75 Å². The van der Waals surface area contributed by atoms with Crippen LogP contribution in [0.4, 0.5) is 18.9 Å². The van der Waals surface area contributed by atoms with E-state index < -0.39 is 6.36 Å². The summed E-state index contributed by atoms with van der Waals surface area (Å²) < 4.78 is 40.4. The zero-order valence-corrected chi connectivity index (χ0v) is 17.1. The largest absolute Gasteiger partial charge is 0.573 e. The summed E-state index contributed by atoms with van der Waals surface area (Å²) in [5.41, 5.74) is 0.369. The van der Waals surface area contributed by atoms with E-state index in [1.807, 2.05) is 4.90 Å². The van der Waals surface area contributed by atoms with Crippen molar-refractivity contribution in [3.05, 3.63) is 24.3 Å². The third kappa shape index (κ3) is 6.62. The fraction of sp³-hybridized carbons (Fsp3) is 0.619. The molecular weight excluding hydrogens is 399 g/mol. The molecule has 2 fully saturated rings. The molecule has 1 aromatic rings. The zero-order chi connectivity index (χ0) is 21.7. The predicted molar refractivity (Wildman–Crippen MR) is 105 cm³/mol. The Hall–Kier alpha value is -2.29. The lowest BCUT2D eigenvalue weighted by atomic mass is 9.75. The highest BCUT2D eigenvalue weighted by atomic mass is 19.4. The summed E-state index contributed by atoms with van der Waals surface area (Å²) in [5, 5.41) is 2.63. The summed E-state index contributed by atoms with van der Waals surface area (Å²) in [6.07, 6.45) is 1.35. The molecule has 1 aliphatic carbocycles. The number of likely N-dealkylation sites (tertiary alicyclic amines) is 1. The van der Waals surface area contributed by atoms with Gasteiger partial charge in [0.1, 0.15) is 5.75 Å². The number of fused-ring (bicyclic) bond motifs is 1. The molecule has 6 nitrogen and oxygen atoms in total. The molecule has 166 valence electrons. The van der Waals surface area contributed by atoms with Gasteiger partial charge < -0.3 is 19.9 Å². The fourth-order valence-corrected chi connectivity index (χ4v) is 4.48. The first-order chi connectivity index (χ1) is 14.2. The number of carbonyl (C=O) groups is 2. The molecule has 3 atom stereocenters. The number of nitrogens with one attached hydrogen (secondary N) is 2. The van der Waals surface area contributed by atoms with Gasteiger partial charge in [-0.1, -0.05) is 19.3 Å². The van der Waals surface area contributed by atoms with Crippen LogP contribution < -0.4 is 15.0 Å². The van der Waals surface area contributed by atoms with Gasteiger partial charge in [-0.3, -0.25) is 9.59 Å². The zero-order valence-electron chi connectivity index (χ0n) is 17.1. The standard InChI is InChI=1S/C21H28F3N3O3/c1-26(14-20(29)27-11-10-15-4-2-3-5-16(15)12-27)13-19(28)25-17-6-8-18(9-7-17)30-21(22,23)24/h6-9,15-16H,2-5,10-14H2,1H3,(H,25,28)/p+1/t15-,16-/m1/s1. The average molecular weight is 428 g/mol. The van der Waals surface area contributed by atoms with Gasteiger partial charge in [0, 0.05) is 18.8 Å². The lowest BCUT2D eigenvalue weighted by molar-refractivity contribution is -0.862. The van der Waals surface area contributed by atoms with Crippen molar-refractivity contribution in [2.45, 2.75) is 38.5 Å². The number of ether oxygens (including phenoxy) is 1. The van der Waals surface area contributed by atoms with Gasteiger partial charge in [0.05, 0.1) is 7.05 Å². The molecule has 1 saturated heterocycles. The van der Waals surface area contributed by atoms with Crippen LogP contribution in [-0.4, -0.2) is 56.3 Å². The molecule has 9 heteroatoms. The van der Waals surface area contributed by atoms with E-state index in [2.05, 4.69) is 10.1 Å². The van der Waals surface area contributed by atoms with Crippen LogP contribution in [0.5, 0.6) is 5.75 Å². The van der Waals surface area contributed by atoms with E-state index in [4.69, 9.17) is 0 Å². The second kappa shape index (κ2) is 9.68. The van der Waals surface area contributed by atoms with Crippen molar-refractivity contribution in [1.29, 1.82) is 0 Å². The smallest absolute Gasteiger partial charge is 0.406 e. The van der Waals surface area contributed by atoms with Crippen molar-refractivity contribution in [2.24, 2.45) is 11.8 Å². The Bertz CT molecular complexity index is 739. The van der Waals surface area contributed by atoms with E-state index >= 15 is 0 Å². The minimum absolute atomic E-state index is 0.0676. The number of carbonyl (C=O) groups excluding carboxylic acids is 2. The maximum Gasteiger partial charge on any atom is 0.573 e. The number of anilines is 1. The van der Waals surface area contributed by atoms with Gasteiger partial charge in [0.2, 0.25) is 0 Å². The summed E-state index contributed by atoms with van der Waals surface area (Å²) in [7, 11) is 1.78. The third-order valence-electron chi connectivity index (χ3n) is 5.93. The molecule has 2 aliphatic rings. The predicted octanol–water partition coefficient (Wildman–Crippen LogP) is 2.08. The molecule has 3 rings (SSSR count). The molecule has 0 spiro atoms. The number of halogens is 3. The van der Waals surface area contributed by atoms with Crippen LogP contribution in [-0.2, 0) is 9.59 Å². The van der Waals surface area contributed by atoms with Crippen LogP contribution in [0.25, 0.3) is 0 Å². The topological polar surface area (TPSA) is 63.1 Å². The summed E-state index contributed by atoms with van der Waals surface area (Å²) in [6.45, 7) is 1.96. The first-order valence-electron chi connectivity index (χ1n) is 10.4. The number of likely N-dealkylation sites (N-methyl/N-ethyl adjacent to an activating group) is 1. The van der Waals surface area contributed by atoms with Crippen LogP contribution in [0.3, 0.4) is 0 Å². The Balaban J connectivity index is 1.42. The number of hydrogen-bond acceptors (Lipinski definition) is 3. The number of nitrogens with zero attached hydrogens (tertiary/aromatic N) is 1. The monoisotopic (exact) mass is 428 g/mol. The minimum atomic E-state index is -4.75. The number of benzene rings is 1. The summed E-state index contributed by atoms with van der Waals surface area (Å²) >= 11 is 0. The molecule has 1 unspecified atom stereocenters. The highest BCUT2D eigenvalue weighted by Gasteiger charge is 2.34. The third-order valence-corrected chi connectivity index (χ3v) is 5.93. The number of rotatable bonds is 6. The molecule has 0 bridgehead atoms. The fourth-order valence-electron chi connectivity index (χ4n) is 4.48. The number of amides is 2. The van der Waals surface area contributed by atoms with Gasteiger partial charge in [0.15, 0.2) is 13.1 Å². The van der Waals surface area contributed by atoms with Crippen molar-refractivity contribution >= 4 is 17.5 Å². The number of hydrogen-bond donors (Lipinski definition) is 2. The summed E-state index contributed by atoms with van der Waals surface area (Å²) in [4.78, 5) is 27.6. The lowest BCUT2D eigenvalue weighted by Gasteiger charge is -2.41. The molecule has 30 heavy (non-hydrogen) atoms. The normalized spacial score (nSPS) is 22.7. The van der Waals surface area contributed by atoms with Crippen LogP contribution in [0, 0.1) is 11.8 Å². The number of piperidine rings is 1. The Morgan fingerprint density at radius 2 is 1.77 bits per heavy atom. The summed E-state index contributed by atoms with van der Waals surface area (Å²) in [6, 6.07) is 4.96. The molecular formula is C21H29F3N3O3+. The van der Waals surface area contributed by atoms with Gasteiger partial charge in [0.25, 0.3) is 11.8 Å². The van der Waals surface area contributed by atoms with Crippen molar-refractivity contribution in [1.82, 2.24) is 4.90 Å². The quantitative estimate of drug-likeness (QED) is 0.729. The molecule has 2 amide bonds. The molecule has 1 aliphatic heterocycles. The highest BCUT2D eigenvalue weighted by molar-refractivity contribution is 5.91. The highest BCUT2D eigenvalue weighted by Crippen LogP contribution is 2.35. The first kappa shape index (κ1) is 22.4. The second-order valence-electron chi connectivity index (χ2n) is 8.36. The molecule has 1 aromatic carbocycles. The first-order valence-corrected chi connectivity index (χ1v) is 10.4. The van der Waals surface area contributed by atoms with E-state index in [1.54, 1.807) is 7.05 Å². The minimum Gasteiger partial charge on any atom is -0.406 e. The Kier molecular flexibility index (Phi) is 7.23. The van der Waals surface area contributed by atoms with E-state index in [-0.39, 0.29) is 30.7 Å². The van der Waals surface area contributed by atoms with E-state index in [9.17, 15) is 22.8 Å². The van der Waals surface area contributed by atoms with Gasteiger partial charge in [-0.2, -0.15) is 0 Å². The summed E-state index contributed by atoms with van der Waals surface area (Å²) in [5.74, 6) is 0.778. The van der Waals surface area contributed by atoms with Gasteiger partial charge >= 0.3 is 6.36 Å². The van der Waals surface area contributed by atoms with Crippen LogP contribution in [0.2, 0.25) is 0 Å². The Morgan fingerprint density at radius 3 is 2.43 bits per heavy atom. The molecule has 1 saturated carbocycles. The maximum atomic E-state index is 12.6.